The molecule has 0 unspecified atom stereocenters. The number of fused-ring (bicyclic) bond motifs is 2. The van der Waals surface area contributed by atoms with Gasteiger partial charge in [-0.3, -0.25) is 4.79 Å². The Kier molecular flexibility index (Phi) is 6.09. The van der Waals surface area contributed by atoms with E-state index in [0.29, 0.717) is 29.8 Å². The second-order valence-corrected chi connectivity index (χ2v) is 9.13. The van der Waals surface area contributed by atoms with Gasteiger partial charge in [-0.15, -0.1) is 0 Å². The number of aromatic amines is 1. The monoisotopic (exact) mass is 459 g/mol. The lowest BCUT2D eigenvalue weighted by Gasteiger charge is -2.15. The molecule has 0 radical (unpaired) electrons. The van der Waals surface area contributed by atoms with Crippen molar-refractivity contribution >= 4 is 26.9 Å². The van der Waals surface area contributed by atoms with Crippen molar-refractivity contribution in [3.8, 4) is 22.8 Å². The van der Waals surface area contributed by atoms with Gasteiger partial charge >= 0.3 is 10.1 Å². The summed E-state index contributed by atoms with van der Waals surface area (Å²) in [5.74, 6) is -0.0207. The predicted octanol–water partition coefficient (Wildman–Crippen LogP) is 2.16. The maximum absolute atomic E-state index is 12.6. The molecule has 2 heterocycles. The van der Waals surface area contributed by atoms with Gasteiger partial charge in [-0.25, -0.2) is 0 Å². The Labute approximate surface area is 186 Å². The van der Waals surface area contributed by atoms with Gasteiger partial charge in [0.05, 0.1) is 25.5 Å². The minimum Gasteiger partial charge on any atom is -0.493 e. The van der Waals surface area contributed by atoms with Crippen LogP contribution in [-0.4, -0.2) is 52.9 Å². The number of hydrogen-bond acceptors (Lipinski definition) is 7. The number of methoxy groups -OCH3 is 2. The highest BCUT2D eigenvalue weighted by molar-refractivity contribution is 7.86. The average molecular weight is 460 g/mol. The summed E-state index contributed by atoms with van der Waals surface area (Å²) in [6.45, 7) is 2.27. The van der Waals surface area contributed by atoms with E-state index >= 15 is 0 Å². The molecule has 32 heavy (non-hydrogen) atoms. The Balaban J connectivity index is 1.76. The molecule has 1 aliphatic heterocycles. The van der Waals surface area contributed by atoms with Crippen LogP contribution in [0.15, 0.2) is 30.3 Å². The number of H-pyrrole nitrogens is 1. The first-order valence-corrected chi connectivity index (χ1v) is 11.9. The summed E-state index contributed by atoms with van der Waals surface area (Å²) in [4.78, 5) is 16.0. The summed E-state index contributed by atoms with van der Waals surface area (Å²) in [7, 11) is -0.707. The number of nitrogens with one attached hydrogen (secondary N) is 3. The fourth-order valence-corrected chi connectivity index (χ4v) is 4.32. The molecule has 0 spiro atoms. The van der Waals surface area contributed by atoms with Crippen molar-refractivity contribution in [2.24, 2.45) is 0 Å². The fourth-order valence-electron chi connectivity index (χ4n) is 3.83. The second kappa shape index (κ2) is 8.81. The van der Waals surface area contributed by atoms with Crippen molar-refractivity contribution < 1.29 is 26.9 Å². The molecule has 0 saturated heterocycles. The van der Waals surface area contributed by atoms with E-state index < -0.39 is 10.1 Å². The van der Waals surface area contributed by atoms with Crippen molar-refractivity contribution in [2.45, 2.75) is 13.1 Å². The average Bonchev–Trinajstić information content (AvgIpc) is 3.34. The highest BCUT2D eigenvalue weighted by Crippen LogP contribution is 2.43. The minimum atomic E-state index is -3.80. The van der Waals surface area contributed by atoms with E-state index in [1.54, 1.807) is 13.2 Å². The zero-order valence-electron chi connectivity index (χ0n) is 18.1. The first kappa shape index (κ1) is 22.1. The van der Waals surface area contributed by atoms with Gasteiger partial charge in [0.25, 0.3) is 5.91 Å². The third-order valence-electron chi connectivity index (χ3n) is 5.24. The Hall–Kier alpha value is -3.08. The van der Waals surface area contributed by atoms with Crippen LogP contribution in [0.5, 0.6) is 11.5 Å². The molecule has 3 N–H and O–H groups in total. The molecule has 0 fully saturated rings. The lowest BCUT2D eigenvalue weighted by atomic mass is 9.98. The third kappa shape index (κ3) is 4.43. The van der Waals surface area contributed by atoms with Crippen LogP contribution in [0, 0.1) is 0 Å². The first-order valence-electron chi connectivity index (χ1n) is 10.0. The maximum Gasteiger partial charge on any atom is 0.306 e. The molecule has 1 aromatic heterocycles. The summed E-state index contributed by atoms with van der Waals surface area (Å²) >= 11 is 0. The number of aromatic nitrogens is 1. The molecule has 0 atom stereocenters. The van der Waals surface area contributed by atoms with Crippen LogP contribution >= 0.6 is 0 Å². The number of hydrogen-bond donors (Lipinski definition) is 3. The molecule has 3 aromatic rings. The molecule has 0 aliphatic carbocycles. The lowest BCUT2D eigenvalue weighted by molar-refractivity contribution is 0.0966. The van der Waals surface area contributed by atoms with E-state index in [1.807, 2.05) is 18.2 Å². The van der Waals surface area contributed by atoms with Crippen LogP contribution in [-0.2, 0) is 27.9 Å². The number of ether oxygens (including phenoxy) is 2. The second-order valence-electron chi connectivity index (χ2n) is 7.55. The molecule has 2 aromatic carbocycles. The molecule has 0 saturated carbocycles. The summed E-state index contributed by atoms with van der Waals surface area (Å²) in [5.41, 5.74) is 4.21. The van der Waals surface area contributed by atoms with Gasteiger partial charge in [0.15, 0.2) is 11.5 Å². The molecule has 1 aliphatic rings. The van der Waals surface area contributed by atoms with Crippen molar-refractivity contribution in [1.29, 1.82) is 0 Å². The van der Waals surface area contributed by atoms with Gasteiger partial charge in [0.1, 0.15) is 0 Å². The normalized spacial score (nSPS) is 13.3. The van der Waals surface area contributed by atoms with Crippen LogP contribution in [0.4, 0.5) is 0 Å². The van der Waals surface area contributed by atoms with E-state index in [0.717, 1.165) is 35.0 Å². The molecular formula is C22H25N3O6S. The van der Waals surface area contributed by atoms with Crippen LogP contribution in [0.1, 0.15) is 21.5 Å². The predicted molar refractivity (Wildman–Crippen MR) is 121 cm³/mol. The van der Waals surface area contributed by atoms with Crippen LogP contribution in [0.3, 0.4) is 0 Å². The highest BCUT2D eigenvalue weighted by Gasteiger charge is 2.31. The fraction of sp³-hybridized carbons (Fsp3) is 0.318. The molecule has 4 rings (SSSR count). The first-order chi connectivity index (χ1) is 15.3. The third-order valence-corrected chi connectivity index (χ3v) is 5.71. The summed E-state index contributed by atoms with van der Waals surface area (Å²) in [6.07, 6.45) is 0.955. The Morgan fingerprint density at radius 3 is 2.69 bits per heavy atom. The molecule has 1 amide bonds. The van der Waals surface area contributed by atoms with Gasteiger partial charge in [-0.05, 0) is 29.8 Å². The van der Waals surface area contributed by atoms with Crippen molar-refractivity contribution in [3.05, 3.63) is 47.0 Å². The zero-order valence-corrected chi connectivity index (χ0v) is 18.9. The highest BCUT2D eigenvalue weighted by atomic mass is 32.2. The van der Waals surface area contributed by atoms with E-state index in [2.05, 4.69) is 21.7 Å². The van der Waals surface area contributed by atoms with Gasteiger partial charge in [0, 0.05) is 54.5 Å². The summed E-state index contributed by atoms with van der Waals surface area (Å²) < 4.78 is 39.2. The maximum atomic E-state index is 12.6. The number of amides is 1. The van der Waals surface area contributed by atoms with Gasteiger partial charge < -0.3 is 29.3 Å². The topological polar surface area (TPSA) is 119 Å². The Morgan fingerprint density at radius 1 is 1.16 bits per heavy atom. The van der Waals surface area contributed by atoms with Crippen molar-refractivity contribution in [2.75, 3.05) is 33.6 Å². The molecule has 9 nitrogen and oxygen atoms in total. The smallest absolute Gasteiger partial charge is 0.306 e. The Morgan fingerprint density at radius 2 is 1.97 bits per heavy atom. The van der Waals surface area contributed by atoms with Crippen LogP contribution < -0.4 is 19.6 Å². The van der Waals surface area contributed by atoms with Crippen molar-refractivity contribution in [1.82, 2.24) is 15.6 Å². The van der Waals surface area contributed by atoms with Gasteiger partial charge in [0.2, 0.25) is 0 Å². The zero-order chi connectivity index (χ0) is 22.9. The largest absolute Gasteiger partial charge is 0.493 e. The van der Waals surface area contributed by atoms with Crippen molar-refractivity contribution in [3.63, 3.8) is 0 Å². The SMILES string of the molecule is COCCNCc1ccc2[nH]c(-c3cc(OC)c(OS(C)(=O)=O)c4c3C(=O)NC4)cc2c1. The minimum absolute atomic E-state index is 0.0348. The Bertz CT molecular complexity index is 1280. The molecular weight excluding hydrogens is 434 g/mol. The number of carbonyl (C=O) groups excluding carboxylic acids is 1. The number of carbonyl (C=O) groups is 1. The van der Waals surface area contributed by atoms with Gasteiger partial charge in [-0.1, -0.05) is 6.07 Å². The van der Waals surface area contributed by atoms with Crippen LogP contribution in [0.25, 0.3) is 22.2 Å². The van der Waals surface area contributed by atoms with E-state index in [4.69, 9.17) is 13.7 Å². The summed E-state index contributed by atoms with van der Waals surface area (Å²) in [6, 6.07) is 9.69. The van der Waals surface area contributed by atoms with Gasteiger partial charge in [-0.2, -0.15) is 8.42 Å². The summed E-state index contributed by atoms with van der Waals surface area (Å²) in [5, 5.41) is 7.06. The number of rotatable bonds is 9. The van der Waals surface area contributed by atoms with Crippen LogP contribution in [0.2, 0.25) is 0 Å². The molecule has 10 heteroatoms. The quantitative estimate of drug-likeness (QED) is 0.331. The van der Waals surface area contributed by atoms with E-state index in [1.165, 1.54) is 7.11 Å². The molecule has 170 valence electrons. The lowest BCUT2D eigenvalue weighted by Crippen LogP contribution is -2.18. The standard InChI is InChI=1S/C22H25N3O6S/c1-29-7-6-23-11-13-4-5-17-14(8-13)9-18(25-17)15-10-19(30-2)21(31-32(3,27)28)16-12-24-22(26)20(15)16/h4-5,8-10,23,25H,6-7,11-12H2,1-3H3,(H,24,26). The van der Waals surface area contributed by atoms with E-state index in [9.17, 15) is 13.2 Å². The van der Waals surface area contributed by atoms with E-state index in [-0.39, 0.29) is 24.0 Å². The number of benzene rings is 2. The molecule has 0 bridgehead atoms.